The van der Waals surface area contributed by atoms with E-state index >= 15 is 0 Å². The quantitative estimate of drug-likeness (QED) is 0.804. The predicted molar refractivity (Wildman–Crippen MR) is 93.9 cm³/mol. The third-order valence-corrected chi connectivity index (χ3v) is 4.85. The van der Waals surface area contributed by atoms with E-state index in [0.29, 0.717) is 0 Å². The summed E-state index contributed by atoms with van der Waals surface area (Å²) in [5.41, 5.74) is 2.92. The Morgan fingerprint density at radius 3 is 3.08 bits per heavy atom. The van der Waals surface area contributed by atoms with Gasteiger partial charge in [0.15, 0.2) is 0 Å². The summed E-state index contributed by atoms with van der Waals surface area (Å²) in [5, 5.41) is 5.52. The van der Waals surface area contributed by atoms with Crippen LogP contribution in [0.3, 0.4) is 0 Å². The molecule has 0 radical (unpaired) electrons. The molecule has 5 heteroatoms. The summed E-state index contributed by atoms with van der Waals surface area (Å²) in [7, 11) is 0. The van der Waals surface area contributed by atoms with Crippen LogP contribution in [0.1, 0.15) is 35.2 Å². The molecule has 1 aromatic carbocycles. The van der Waals surface area contributed by atoms with Crippen LogP contribution < -0.4 is 0 Å². The minimum Gasteiger partial charge on any atom is -0.361 e. The zero-order valence-electron chi connectivity index (χ0n) is 13.9. The number of carbonyl (C=O) groups is 1. The van der Waals surface area contributed by atoms with Crippen LogP contribution in [0.15, 0.2) is 42.9 Å². The number of hydrogen-bond donors (Lipinski definition) is 1. The fraction of sp³-hybridized carbons (Fsp3) is 0.368. The number of benzene rings is 1. The monoisotopic (exact) mass is 322 g/mol. The summed E-state index contributed by atoms with van der Waals surface area (Å²) in [5.74, 6) is 0.125. The molecule has 0 aliphatic carbocycles. The molecular weight excluding hydrogens is 300 g/mol. The highest BCUT2D eigenvalue weighted by Gasteiger charge is 2.28. The van der Waals surface area contributed by atoms with Crippen molar-refractivity contribution < 1.29 is 4.79 Å². The van der Waals surface area contributed by atoms with Gasteiger partial charge in [-0.25, -0.2) is 0 Å². The molecule has 0 saturated carbocycles. The number of H-pyrrole nitrogens is 1. The van der Waals surface area contributed by atoms with Gasteiger partial charge in [-0.2, -0.15) is 5.10 Å². The Hall–Kier alpha value is -2.56. The minimum atomic E-state index is 0.125. The second kappa shape index (κ2) is 6.15. The molecule has 3 heterocycles. The Morgan fingerprint density at radius 1 is 1.33 bits per heavy atom. The molecule has 4 rings (SSSR count). The van der Waals surface area contributed by atoms with E-state index in [-0.39, 0.29) is 11.9 Å². The van der Waals surface area contributed by atoms with E-state index in [9.17, 15) is 4.79 Å². The number of aryl methyl sites for hydroxylation is 1. The molecular formula is C19H22N4O. The summed E-state index contributed by atoms with van der Waals surface area (Å²) < 4.78 is 1.96. The first-order valence-corrected chi connectivity index (χ1v) is 8.58. The number of piperidine rings is 1. The average molecular weight is 322 g/mol. The lowest BCUT2D eigenvalue weighted by Gasteiger charge is -2.35. The Bertz CT molecular complexity index is 863. The molecule has 1 saturated heterocycles. The SMILES string of the molecule is Cc1cnn(CC2CCCCN2C(=O)c2ccc3cc[nH]c3c2)c1. The lowest BCUT2D eigenvalue weighted by atomic mass is 10.0. The van der Waals surface area contributed by atoms with Crippen molar-refractivity contribution in [2.24, 2.45) is 0 Å². The van der Waals surface area contributed by atoms with Crippen LogP contribution in [0.2, 0.25) is 0 Å². The number of aromatic nitrogens is 3. The predicted octanol–water partition coefficient (Wildman–Crippen LogP) is 3.37. The molecule has 1 unspecified atom stereocenters. The van der Waals surface area contributed by atoms with Crippen LogP contribution in [-0.4, -0.2) is 38.2 Å². The van der Waals surface area contributed by atoms with E-state index in [4.69, 9.17) is 0 Å². The Morgan fingerprint density at radius 2 is 2.25 bits per heavy atom. The number of hydrogen-bond acceptors (Lipinski definition) is 2. The number of aromatic amines is 1. The summed E-state index contributed by atoms with van der Waals surface area (Å²) in [6, 6.07) is 8.14. The van der Waals surface area contributed by atoms with E-state index in [1.165, 1.54) is 6.42 Å². The van der Waals surface area contributed by atoms with E-state index in [1.54, 1.807) is 0 Å². The number of rotatable bonds is 3. The van der Waals surface area contributed by atoms with Crippen LogP contribution in [0.25, 0.3) is 10.9 Å². The zero-order chi connectivity index (χ0) is 16.5. The van der Waals surface area contributed by atoms with Gasteiger partial charge in [-0.3, -0.25) is 9.48 Å². The Labute approximate surface area is 141 Å². The molecule has 1 aliphatic rings. The van der Waals surface area contributed by atoms with Crippen molar-refractivity contribution in [2.75, 3.05) is 6.54 Å². The van der Waals surface area contributed by atoms with Gasteiger partial charge in [0.1, 0.15) is 0 Å². The van der Waals surface area contributed by atoms with Gasteiger partial charge in [0.05, 0.1) is 18.8 Å². The summed E-state index contributed by atoms with van der Waals surface area (Å²) in [6.07, 6.45) is 9.10. The largest absolute Gasteiger partial charge is 0.361 e. The first-order chi connectivity index (χ1) is 11.7. The van der Waals surface area contributed by atoms with E-state index < -0.39 is 0 Å². The number of nitrogens with one attached hydrogen (secondary N) is 1. The maximum Gasteiger partial charge on any atom is 0.254 e. The molecule has 1 aliphatic heterocycles. The van der Waals surface area contributed by atoms with Gasteiger partial charge >= 0.3 is 0 Å². The normalized spacial score (nSPS) is 18.2. The Kier molecular flexibility index (Phi) is 3.84. The number of carbonyl (C=O) groups excluding carboxylic acids is 1. The van der Waals surface area contributed by atoms with Crippen molar-refractivity contribution in [3.63, 3.8) is 0 Å². The molecule has 0 spiro atoms. The molecule has 5 nitrogen and oxygen atoms in total. The molecule has 0 bridgehead atoms. The van der Waals surface area contributed by atoms with Gasteiger partial charge in [0.25, 0.3) is 5.91 Å². The third kappa shape index (κ3) is 2.82. The molecule has 1 fully saturated rings. The summed E-state index contributed by atoms with van der Waals surface area (Å²) >= 11 is 0. The summed E-state index contributed by atoms with van der Waals surface area (Å²) in [6.45, 7) is 3.63. The van der Waals surface area contributed by atoms with Gasteiger partial charge in [0, 0.05) is 30.0 Å². The van der Waals surface area contributed by atoms with Crippen LogP contribution in [0.4, 0.5) is 0 Å². The number of likely N-dealkylation sites (tertiary alicyclic amines) is 1. The van der Waals surface area contributed by atoms with Crippen molar-refractivity contribution in [1.82, 2.24) is 19.7 Å². The topological polar surface area (TPSA) is 53.9 Å². The van der Waals surface area contributed by atoms with Gasteiger partial charge in [-0.05, 0) is 55.3 Å². The highest BCUT2D eigenvalue weighted by atomic mass is 16.2. The lowest BCUT2D eigenvalue weighted by Crippen LogP contribution is -2.45. The van der Waals surface area contributed by atoms with Gasteiger partial charge < -0.3 is 9.88 Å². The zero-order valence-corrected chi connectivity index (χ0v) is 13.9. The van der Waals surface area contributed by atoms with E-state index in [2.05, 4.69) is 10.1 Å². The van der Waals surface area contributed by atoms with Crippen molar-refractivity contribution in [3.05, 3.63) is 54.0 Å². The lowest BCUT2D eigenvalue weighted by molar-refractivity contribution is 0.0584. The van der Waals surface area contributed by atoms with Crippen molar-refractivity contribution in [1.29, 1.82) is 0 Å². The smallest absolute Gasteiger partial charge is 0.254 e. The fourth-order valence-electron chi connectivity index (χ4n) is 3.59. The standard InChI is InChI=1S/C19H22N4O/c1-14-11-21-22(12-14)13-17-4-2-3-9-23(17)19(24)16-6-5-15-7-8-20-18(15)10-16/h5-8,10-12,17,20H,2-4,9,13H2,1H3. The van der Waals surface area contributed by atoms with Gasteiger partial charge in [-0.1, -0.05) is 6.07 Å². The molecule has 1 atom stereocenters. The molecule has 1 amide bonds. The number of fused-ring (bicyclic) bond motifs is 1. The maximum absolute atomic E-state index is 13.1. The first kappa shape index (κ1) is 15.0. The number of nitrogens with zero attached hydrogens (tertiary/aromatic N) is 3. The van der Waals surface area contributed by atoms with Crippen molar-refractivity contribution >= 4 is 16.8 Å². The summed E-state index contributed by atoms with van der Waals surface area (Å²) in [4.78, 5) is 18.3. The fourth-order valence-corrected chi connectivity index (χ4v) is 3.59. The first-order valence-electron chi connectivity index (χ1n) is 8.58. The Balaban J connectivity index is 1.57. The van der Waals surface area contributed by atoms with Crippen LogP contribution >= 0.6 is 0 Å². The van der Waals surface area contributed by atoms with Crippen LogP contribution in [0, 0.1) is 6.92 Å². The van der Waals surface area contributed by atoms with Crippen molar-refractivity contribution in [2.45, 2.75) is 38.8 Å². The highest BCUT2D eigenvalue weighted by Crippen LogP contribution is 2.23. The minimum absolute atomic E-state index is 0.125. The molecule has 24 heavy (non-hydrogen) atoms. The van der Waals surface area contributed by atoms with Crippen LogP contribution in [-0.2, 0) is 6.54 Å². The number of amides is 1. The molecule has 1 N–H and O–H groups in total. The highest BCUT2D eigenvalue weighted by molar-refractivity contribution is 5.98. The average Bonchev–Trinajstić information content (AvgIpc) is 3.22. The van der Waals surface area contributed by atoms with Crippen LogP contribution in [0.5, 0.6) is 0 Å². The second-order valence-electron chi connectivity index (χ2n) is 6.67. The van der Waals surface area contributed by atoms with Gasteiger partial charge in [-0.15, -0.1) is 0 Å². The van der Waals surface area contributed by atoms with Gasteiger partial charge in [0.2, 0.25) is 0 Å². The van der Waals surface area contributed by atoms with Crippen molar-refractivity contribution in [3.8, 4) is 0 Å². The molecule has 2 aromatic heterocycles. The van der Waals surface area contributed by atoms with E-state index in [1.807, 2.05) is 59.4 Å². The third-order valence-electron chi connectivity index (χ3n) is 4.85. The maximum atomic E-state index is 13.1. The second-order valence-corrected chi connectivity index (χ2v) is 6.67. The molecule has 124 valence electrons. The van der Waals surface area contributed by atoms with E-state index in [0.717, 1.165) is 48.0 Å². The molecule has 3 aromatic rings.